The summed E-state index contributed by atoms with van der Waals surface area (Å²) in [4.78, 5) is 44.0. The monoisotopic (exact) mass is 303 g/mol. The van der Waals surface area contributed by atoms with Crippen molar-refractivity contribution in [2.24, 2.45) is 0 Å². The van der Waals surface area contributed by atoms with E-state index in [2.05, 4.69) is 10.6 Å². The molecule has 0 saturated heterocycles. The summed E-state index contributed by atoms with van der Waals surface area (Å²) in [7, 11) is 0. The zero-order valence-corrected chi connectivity index (χ0v) is 12.0. The second-order valence-corrected chi connectivity index (χ2v) is 4.52. The summed E-state index contributed by atoms with van der Waals surface area (Å²) in [6.45, 7) is 3.79. The molecule has 3 amide bonds. The van der Waals surface area contributed by atoms with Crippen LogP contribution in [0, 0.1) is 0 Å². The fraction of sp³-hybridized carbons (Fsp3) is 0.667. The van der Waals surface area contributed by atoms with Gasteiger partial charge in [-0.15, -0.1) is 0 Å². The topological polar surface area (TPSA) is 145 Å². The standard InChI is InChI=1S/C12H21N3O6/c1-3-7(2)14-9(16)4-5-13-12(21)15-8(11(19)20)6-10(17)18/h7-8H,3-6H2,1-2H3,(H,14,16)(H,17,18)(H,19,20)(H2,13,15,21)/t7?,8-/m1/s1. The number of rotatable bonds is 9. The minimum absolute atomic E-state index is 0.0213. The second-order valence-electron chi connectivity index (χ2n) is 4.52. The van der Waals surface area contributed by atoms with Gasteiger partial charge in [0.2, 0.25) is 5.91 Å². The first-order valence-corrected chi connectivity index (χ1v) is 6.54. The first-order chi connectivity index (χ1) is 9.76. The van der Waals surface area contributed by atoms with E-state index in [1.165, 1.54) is 0 Å². The SMILES string of the molecule is CCC(C)NC(=O)CCNC(=O)N[C@H](CC(=O)O)C(=O)O. The normalized spacial score (nSPS) is 12.9. The van der Waals surface area contributed by atoms with Crippen molar-refractivity contribution in [1.29, 1.82) is 0 Å². The van der Waals surface area contributed by atoms with Gasteiger partial charge in [-0.3, -0.25) is 9.59 Å². The number of carboxylic acids is 2. The Hall–Kier alpha value is -2.32. The second kappa shape index (κ2) is 9.56. The Morgan fingerprint density at radius 2 is 1.71 bits per heavy atom. The van der Waals surface area contributed by atoms with Crippen molar-refractivity contribution >= 4 is 23.9 Å². The third-order valence-corrected chi connectivity index (χ3v) is 2.64. The molecule has 0 fully saturated rings. The molecule has 0 aromatic rings. The van der Waals surface area contributed by atoms with Crippen molar-refractivity contribution in [3.63, 3.8) is 0 Å². The zero-order valence-electron chi connectivity index (χ0n) is 12.0. The van der Waals surface area contributed by atoms with Crippen molar-refractivity contribution < 1.29 is 29.4 Å². The lowest BCUT2D eigenvalue weighted by Gasteiger charge is -2.14. The average Bonchev–Trinajstić information content (AvgIpc) is 2.36. The third kappa shape index (κ3) is 9.25. The first-order valence-electron chi connectivity index (χ1n) is 6.54. The lowest BCUT2D eigenvalue weighted by molar-refractivity contribution is -0.145. The smallest absolute Gasteiger partial charge is 0.326 e. The van der Waals surface area contributed by atoms with Crippen LogP contribution in [0.5, 0.6) is 0 Å². The van der Waals surface area contributed by atoms with E-state index in [0.29, 0.717) is 0 Å². The molecule has 9 heteroatoms. The summed E-state index contributed by atoms with van der Waals surface area (Å²) < 4.78 is 0. The van der Waals surface area contributed by atoms with Crippen LogP contribution in [0.25, 0.3) is 0 Å². The summed E-state index contributed by atoms with van der Waals surface area (Å²) in [6, 6.07) is -2.31. The number of hydrogen-bond donors (Lipinski definition) is 5. The molecule has 5 N–H and O–H groups in total. The number of hydrogen-bond acceptors (Lipinski definition) is 4. The maximum Gasteiger partial charge on any atom is 0.326 e. The highest BCUT2D eigenvalue weighted by Crippen LogP contribution is 1.93. The minimum atomic E-state index is -1.52. The van der Waals surface area contributed by atoms with Crippen LogP contribution in [0.15, 0.2) is 0 Å². The van der Waals surface area contributed by atoms with E-state index in [1.54, 1.807) is 0 Å². The van der Waals surface area contributed by atoms with Crippen LogP contribution in [0.2, 0.25) is 0 Å². The van der Waals surface area contributed by atoms with Crippen molar-refractivity contribution in [2.45, 2.75) is 45.2 Å². The predicted octanol–water partition coefficient (Wildman–Crippen LogP) is -0.482. The molecule has 0 rings (SSSR count). The summed E-state index contributed by atoms with van der Waals surface area (Å²) in [5, 5.41) is 24.3. The van der Waals surface area contributed by atoms with Crippen molar-refractivity contribution in [3.8, 4) is 0 Å². The van der Waals surface area contributed by atoms with E-state index in [-0.39, 0.29) is 24.9 Å². The van der Waals surface area contributed by atoms with Crippen LogP contribution in [0.4, 0.5) is 4.79 Å². The summed E-state index contributed by atoms with van der Waals surface area (Å²) in [5.41, 5.74) is 0. The summed E-state index contributed by atoms with van der Waals surface area (Å²) >= 11 is 0. The lowest BCUT2D eigenvalue weighted by Crippen LogP contribution is -2.47. The largest absolute Gasteiger partial charge is 0.481 e. The molecule has 0 aliphatic heterocycles. The molecule has 0 aliphatic rings. The molecule has 0 radical (unpaired) electrons. The van der Waals surface area contributed by atoms with E-state index in [4.69, 9.17) is 10.2 Å². The predicted molar refractivity (Wildman–Crippen MR) is 72.7 cm³/mol. The maximum absolute atomic E-state index is 11.4. The van der Waals surface area contributed by atoms with Crippen molar-refractivity contribution in [2.75, 3.05) is 6.54 Å². The Morgan fingerprint density at radius 1 is 1.10 bits per heavy atom. The van der Waals surface area contributed by atoms with E-state index in [9.17, 15) is 19.2 Å². The van der Waals surface area contributed by atoms with E-state index >= 15 is 0 Å². The summed E-state index contributed by atoms with van der Waals surface area (Å²) in [5.74, 6) is -3.01. The minimum Gasteiger partial charge on any atom is -0.481 e. The van der Waals surface area contributed by atoms with Crippen molar-refractivity contribution in [3.05, 3.63) is 0 Å². The van der Waals surface area contributed by atoms with Gasteiger partial charge >= 0.3 is 18.0 Å². The van der Waals surface area contributed by atoms with E-state index in [1.807, 2.05) is 19.2 Å². The molecular weight excluding hydrogens is 282 g/mol. The van der Waals surface area contributed by atoms with Crippen LogP contribution >= 0.6 is 0 Å². The zero-order chi connectivity index (χ0) is 16.4. The highest BCUT2D eigenvalue weighted by molar-refractivity contribution is 5.86. The Morgan fingerprint density at radius 3 is 2.19 bits per heavy atom. The van der Waals surface area contributed by atoms with E-state index in [0.717, 1.165) is 6.42 Å². The first kappa shape index (κ1) is 18.7. The van der Waals surface area contributed by atoms with Gasteiger partial charge < -0.3 is 26.2 Å². The number of urea groups is 1. The average molecular weight is 303 g/mol. The van der Waals surface area contributed by atoms with Gasteiger partial charge in [0.15, 0.2) is 0 Å². The Kier molecular flexibility index (Phi) is 8.51. The van der Waals surface area contributed by atoms with Crippen LogP contribution < -0.4 is 16.0 Å². The molecular formula is C12H21N3O6. The quantitative estimate of drug-likeness (QED) is 0.389. The number of amides is 3. The van der Waals surface area contributed by atoms with Gasteiger partial charge in [-0.1, -0.05) is 6.92 Å². The number of carboxylic acid groups (broad SMARTS) is 2. The number of aliphatic carboxylic acids is 2. The van der Waals surface area contributed by atoms with Gasteiger partial charge in [0, 0.05) is 19.0 Å². The van der Waals surface area contributed by atoms with Gasteiger partial charge in [0.05, 0.1) is 6.42 Å². The molecule has 21 heavy (non-hydrogen) atoms. The fourth-order valence-electron chi connectivity index (χ4n) is 1.32. The highest BCUT2D eigenvalue weighted by Gasteiger charge is 2.22. The maximum atomic E-state index is 11.4. The molecule has 0 saturated carbocycles. The third-order valence-electron chi connectivity index (χ3n) is 2.64. The Bertz CT molecular complexity index is 398. The molecule has 0 bridgehead atoms. The molecule has 9 nitrogen and oxygen atoms in total. The molecule has 0 aliphatic carbocycles. The molecule has 0 aromatic carbocycles. The Labute approximate surface area is 122 Å². The molecule has 0 aromatic heterocycles. The van der Waals surface area contributed by atoms with Crippen LogP contribution in [0.3, 0.4) is 0 Å². The molecule has 2 atom stereocenters. The molecule has 120 valence electrons. The number of nitrogens with one attached hydrogen (secondary N) is 3. The van der Waals surface area contributed by atoms with Crippen LogP contribution in [0.1, 0.15) is 33.1 Å². The van der Waals surface area contributed by atoms with Gasteiger partial charge in [-0.2, -0.15) is 0 Å². The van der Waals surface area contributed by atoms with Crippen molar-refractivity contribution in [1.82, 2.24) is 16.0 Å². The summed E-state index contributed by atoms with van der Waals surface area (Å²) in [6.07, 6.45) is 0.112. The molecule has 0 spiro atoms. The van der Waals surface area contributed by atoms with Gasteiger partial charge in [0.25, 0.3) is 0 Å². The van der Waals surface area contributed by atoms with E-state index < -0.39 is 30.4 Å². The lowest BCUT2D eigenvalue weighted by atomic mass is 10.2. The van der Waals surface area contributed by atoms with Gasteiger partial charge in [-0.25, -0.2) is 9.59 Å². The van der Waals surface area contributed by atoms with Crippen LogP contribution in [-0.4, -0.2) is 52.7 Å². The molecule has 1 unspecified atom stereocenters. The highest BCUT2D eigenvalue weighted by atomic mass is 16.4. The fourth-order valence-corrected chi connectivity index (χ4v) is 1.32. The van der Waals surface area contributed by atoms with Gasteiger partial charge in [-0.05, 0) is 13.3 Å². The Balaban J connectivity index is 4.05. The number of carbonyl (C=O) groups is 4. The molecule has 0 heterocycles. The van der Waals surface area contributed by atoms with Crippen LogP contribution in [-0.2, 0) is 14.4 Å². The van der Waals surface area contributed by atoms with Gasteiger partial charge in [0.1, 0.15) is 6.04 Å². The number of carbonyl (C=O) groups excluding carboxylic acids is 2.